The molecule has 0 fully saturated rings. The Hall–Kier alpha value is -2.90. The molecule has 0 aliphatic heterocycles. The number of nitrogens with one attached hydrogen (secondary N) is 2. The second-order valence-electron chi connectivity index (χ2n) is 6.78. The Morgan fingerprint density at radius 2 is 1.80 bits per heavy atom. The predicted molar refractivity (Wildman–Crippen MR) is 118 cm³/mol. The van der Waals surface area contributed by atoms with Gasteiger partial charge in [-0.1, -0.05) is 41.4 Å². The minimum atomic E-state index is -0.402. The summed E-state index contributed by atoms with van der Waals surface area (Å²) in [7, 11) is 1.55. The van der Waals surface area contributed by atoms with E-state index < -0.39 is 5.91 Å². The summed E-state index contributed by atoms with van der Waals surface area (Å²) < 4.78 is 0. The van der Waals surface area contributed by atoms with Crippen LogP contribution in [0, 0.1) is 0 Å². The Bertz CT molecular complexity index is 1130. The van der Waals surface area contributed by atoms with Gasteiger partial charge in [-0.05, 0) is 30.7 Å². The molecule has 9 heteroatoms. The van der Waals surface area contributed by atoms with Crippen LogP contribution in [-0.4, -0.2) is 40.3 Å². The molecule has 2 aromatic carbocycles. The van der Waals surface area contributed by atoms with Crippen molar-refractivity contribution in [3.8, 4) is 0 Å². The number of hydrogen-bond donors (Lipinski definition) is 2. The van der Waals surface area contributed by atoms with Gasteiger partial charge in [0, 0.05) is 19.9 Å². The number of rotatable bonds is 7. The molecule has 156 valence electrons. The second kappa shape index (κ2) is 9.73. The lowest BCUT2D eigenvalue weighted by molar-refractivity contribution is -0.133. The van der Waals surface area contributed by atoms with E-state index in [0.29, 0.717) is 45.3 Å². The molecule has 7 nitrogen and oxygen atoms in total. The standard InChI is InChI=1S/C21H20Cl2N4O3/c1-27(12-18(28)26-20-14(22)7-4-8-15(20)23)19(29)11-5-10-17-24-16-9-3-2-6-13(16)21(30)25-17/h2-4,6-9H,5,10-12H2,1H3,(H,26,28)(H,24,25,30). The number of aryl methyl sites for hydroxylation is 1. The van der Waals surface area contributed by atoms with E-state index in [1.54, 1.807) is 43.4 Å². The summed E-state index contributed by atoms with van der Waals surface area (Å²) in [6.07, 6.45) is 1.15. The van der Waals surface area contributed by atoms with Gasteiger partial charge in [0.1, 0.15) is 5.82 Å². The summed E-state index contributed by atoms with van der Waals surface area (Å²) in [6, 6.07) is 12.0. The number of aromatic amines is 1. The van der Waals surface area contributed by atoms with E-state index in [-0.39, 0.29) is 24.4 Å². The van der Waals surface area contributed by atoms with E-state index in [4.69, 9.17) is 23.2 Å². The number of halogens is 2. The molecule has 30 heavy (non-hydrogen) atoms. The predicted octanol–water partition coefficient (Wildman–Crippen LogP) is 3.65. The number of anilines is 1. The molecule has 0 aliphatic carbocycles. The maximum atomic E-state index is 12.3. The van der Waals surface area contributed by atoms with E-state index in [2.05, 4.69) is 15.3 Å². The van der Waals surface area contributed by atoms with Crippen molar-refractivity contribution in [3.05, 3.63) is 68.7 Å². The van der Waals surface area contributed by atoms with Crippen molar-refractivity contribution < 1.29 is 9.59 Å². The van der Waals surface area contributed by atoms with Gasteiger partial charge >= 0.3 is 0 Å². The molecular weight excluding hydrogens is 427 g/mol. The first-order valence-electron chi connectivity index (χ1n) is 9.31. The maximum absolute atomic E-state index is 12.3. The number of carbonyl (C=O) groups excluding carboxylic acids is 2. The molecular formula is C21H20Cl2N4O3. The lowest BCUT2D eigenvalue weighted by atomic mass is 10.2. The molecule has 0 atom stereocenters. The fourth-order valence-corrected chi connectivity index (χ4v) is 3.44. The van der Waals surface area contributed by atoms with Crippen molar-refractivity contribution in [2.75, 3.05) is 18.9 Å². The largest absolute Gasteiger partial charge is 0.336 e. The minimum Gasteiger partial charge on any atom is -0.336 e. The Morgan fingerprint density at radius 3 is 2.53 bits per heavy atom. The third-order valence-corrected chi connectivity index (χ3v) is 5.13. The Kier molecular flexibility index (Phi) is 7.07. The highest BCUT2D eigenvalue weighted by atomic mass is 35.5. The van der Waals surface area contributed by atoms with E-state index in [1.165, 1.54) is 4.90 Å². The summed E-state index contributed by atoms with van der Waals surface area (Å²) in [5, 5.41) is 3.79. The highest BCUT2D eigenvalue weighted by Gasteiger charge is 2.15. The number of likely N-dealkylation sites (N-methyl/N-ethyl adjacent to an activating group) is 1. The van der Waals surface area contributed by atoms with Crippen molar-refractivity contribution in [1.29, 1.82) is 0 Å². The number of H-pyrrole nitrogens is 1. The SMILES string of the molecule is CN(CC(=O)Nc1c(Cl)cccc1Cl)C(=O)CCCc1nc2ccccc2c(=O)[nH]1. The average molecular weight is 447 g/mol. The number of hydrogen-bond acceptors (Lipinski definition) is 4. The van der Waals surface area contributed by atoms with Gasteiger partial charge in [-0.2, -0.15) is 0 Å². The van der Waals surface area contributed by atoms with Crippen LogP contribution in [0.5, 0.6) is 0 Å². The Balaban J connectivity index is 1.51. The van der Waals surface area contributed by atoms with Gasteiger partial charge in [0.05, 0.1) is 33.2 Å². The van der Waals surface area contributed by atoms with Gasteiger partial charge in [-0.3, -0.25) is 14.4 Å². The first-order chi connectivity index (χ1) is 14.3. The van der Waals surface area contributed by atoms with E-state index in [0.717, 1.165) is 0 Å². The van der Waals surface area contributed by atoms with Crippen LogP contribution < -0.4 is 10.9 Å². The fourth-order valence-electron chi connectivity index (χ4n) is 2.95. The lowest BCUT2D eigenvalue weighted by Crippen LogP contribution is -2.35. The summed E-state index contributed by atoms with van der Waals surface area (Å²) in [4.78, 5) is 45.1. The zero-order valence-electron chi connectivity index (χ0n) is 16.2. The lowest BCUT2D eigenvalue weighted by Gasteiger charge is -2.17. The Morgan fingerprint density at radius 1 is 1.10 bits per heavy atom. The van der Waals surface area contributed by atoms with Gasteiger partial charge < -0.3 is 15.2 Å². The van der Waals surface area contributed by atoms with Gasteiger partial charge in [0.15, 0.2) is 0 Å². The number of amides is 2. The molecule has 0 saturated heterocycles. The number of nitrogens with zero attached hydrogens (tertiary/aromatic N) is 2. The zero-order valence-corrected chi connectivity index (χ0v) is 17.8. The van der Waals surface area contributed by atoms with Gasteiger partial charge in [0.25, 0.3) is 5.56 Å². The smallest absolute Gasteiger partial charge is 0.258 e. The number of benzene rings is 2. The van der Waals surface area contributed by atoms with Gasteiger partial charge in [-0.25, -0.2) is 4.98 Å². The van der Waals surface area contributed by atoms with Crippen molar-refractivity contribution in [2.24, 2.45) is 0 Å². The molecule has 0 bridgehead atoms. The van der Waals surface area contributed by atoms with Crippen LogP contribution in [0.2, 0.25) is 10.0 Å². The quantitative estimate of drug-likeness (QED) is 0.578. The molecule has 0 aliphatic rings. The molecule has 1 aromatic heterocycles. The number of carbonyl (C=O) groups is 2. The number of aromatic nitrogens is 2. The molecule has 0 spiro atoms. The molecule has 2 N–H and O–H groups in total. The summed E-state index contributed by atoms with van der Waals surface area (Å²) >= 11 is 12.1. The summed E-state index contributed by atoms with van der Waals surface area (Å²) in [5.74, 6) is -0.0693. The fraction of sp³-hybridized carbons (Fsp3) is 0.238. The highest BCUT2D eigenvalue weighted by Crippen LogP contribution is 2.29. The maximum Gasteiger partial charge on any atom is 0.258 e. The molecule has 0 unspecified atom stereocenters. The molecule has 2 amide bonds. The van der Waals surface area contributed by atoms with Crippen LogP contribution >= 0.6 is 23.2 Å². The van der Waals surface area contributed by atoms with Gasteiger partial charge in [0.2, 0.25) is 11.8 Å². The number of para-hydroxylation sites is 2. The van der Waals surface area contributed by atoms with Crippen molar-refractivity contribution in [3.63, 3.8) is 0 Å². The van der Waals surface area contributed by atoms with E-state index >= 15 is 0 Å². The second-order valence-corrected chi connectivity index (χ2v) is 7.59. The third kappa shape index (κ3) is 5.37. The van der Waals surface area contributed by atoms with Crippen LogP contribution in [0.25, 0.3) is 10.9 Å². The monoisotopic (exact) mass is 446 g/mol. The third-order valence-electron chi connectivity index (χ3n) is 4.50. The first-order valence-corrected chi connectivity index (χ1v) is 10.1. The first kappa shape index (κ1) is 21.8. The zero-order chi connectivity index (χ0) is 21.7. The van der Waals surface area contributed by atoms with E-state index in [9.17, 15) is 14.4 Å². The summed E-state index contributed by atoms with van der Waals surface area (Å²) in [6.45, 7) is -0.133. The van der Waals surface area contributed by atoms with Crippen molar-refractivity contribution >= 4 is 51.6 Å². The van der Waals surface area contributed by atoms with Crippen LogP contribution in [0.3, 0.4) is 0 Å². The average Bonchev–Trinajstić information content (AvgIpc) is 2.71. The van der Waals surface area contributed by atoms with Crippen LogP contribution in [-0.2, 0) is 16.0 Å². The van der Waals surface area contributed by atoms with Crippen LogP contribution in [0.15, 0.2) is 47.3 Å². The summed E-state index contributed by atoms with van der Waals surface area (Å²) in [5.41, 5.74) is 0.738. The molecule has 3 rings (SSSR count). The van der Waals surface area contributed by atoms with Crippen LogP contribution in [0.4, 0.5) is 5.69 Å². The molecule has 3 aromatic rings. The van der Waals surface area contributed by atoms with Gasteiger partial charge in [-0.15, -0.1) is 0 Å². The molecule has 0 radical (unpaired) electrons. The topological polar surface area (TPSA) is 95.2 Å². The molecule has 1 heterocycles. The highest BCUT2D eigenvalue weighted by molar-refractivity contribution is 6.39. The van der Waals surface area contributed by atoms with E-state index in [1.807, 2.05) is 6.07 Å². The van der Waals surface area contributed by atoms with Crippen molar-refractivity contribution in [2.45, 2.75) is 19.3 Å². The molecule has 0 saturated carbocycles. The number of fused-ring (bicyclic) bond motifs is 1. The minimum absolute atomic E-state index is 0.133. The van der Waals surface area contributed by atoms with Crippen LogP contribution in [0.1, 0.15) is 18.7 Å². The van der Waals surface area contributed by atoms with Crippen molar-refractivity contribution in [1.82, 2.24) is 14.9 Å². The Labute approximate surface area is 183 Å². The normalized spacial score (nSPS) is 10.8.